The van der Waals surface area contributed by atoms with Gasteiger partial charge >= 0.3 is 5.69 Å². The van der Waals surface area contributed by atoms with E-state index in [4.69, 9.17) is 0 Å². The molecule has 7 nitrogen and oxygen atoms in total. The third-order valence-electron chi connectivity index (χ3n) is 4.82. The van der Waals surface area contributed by atoms with Crippen LogP contribution in [0.4, 0.5) is 0 Å². The van der Waals surface area contributed by atoms with Crippen molar-refractivity contribution in [1.29, 1.82) is 0 Å². The number of nitrogens with one attached hydrogen (secondary N) is 1. The summed E-state index contributed by atoms with van der Waals surface area (Å²) in [4.78, 5) is 42.4. The zero-order valence-electron chi connectivity index (χ0n) is 17.0. The van der Waals surface area contributed by atoms with Gasteiger partial charge in [-0.25, -0.2) is 9.78 Å². The summed E-state index contributed by atoms with van der Waals surface area (Å²) in [7, 11) is 0. The van der Waals surface area contributed by atoms with Crippen LogP contribution in [-0.4, -0.2) is 20.0 Å². The second-order valence-corrected chi connectivity index (χ2v) is 7.64. The fourth-order valence-corrected chi connectivity index (χ4v) is 3.08. The molecule has 0 fully saturated rings. The van der Waals surface area contributed by atoms with Gasteiger partial charge < -0.3 is 5.32 Å². The predicted octanol–water partition coefficient (Wildman–Crippen LogP) is 2.23. The number of hydrogen-bond donors (Lipinski definition) is 1. The third kappa shape index (κ3) is 4.80. The molecule has 29 heavy (non-hydrogen) atoms. The average Bonchev–Trinajstić information content (AvgIpc) is 2.70. The number of amides is 1. The van der Waals surface area contributed by atoms with Gasteiger partial charge in [-0.1, -0.05) is 43.7 Å². The Bertz CT molecular complexity index is 1130. The Morgan fingerprint density at radius 3 is 2.52 bits per heavy atom. The third-order valence-corrected chi connectivity index (χ3v) is 4.82. The van der Waals surface area contributed by atoms with E-state index in [9.17, 15) is 14.4 Å². The van der Waals surface area contributed by atoms with Crippen molar-refractivity contribution in [3.05, 3.63) is 74.6 Å². The highest BCUT2D eigenvalue weighted by Crippen LogP contribution is 2.06. The van der Waals surface area contributed by atoms with E-state index in [0.29, 0.717) is 30.8 Å². The predicted molar refractivity (Wildman–Crippen MR) is 113 cm³/mol. The molecule has 0 aliphatic rings. The van der Waals surface area contributed by atoms with Crippen LogP contribution in [0.15, 0.2) is 52.2 Å². The normalized spacial score (nSPS) is 11.2. The number of carbonyl (C=O) groups is 1. The Labute approximate surface area is 169 Å². The van der Waals surface area contributed by atoms with Gasteiger partial charge in [0.05, 0.1) is 5.39 Å². The van der Waals surface area contributed by atoms with Crippen LogP contribution in [0.1, 0.15) is 31.4 Å². The molecule has 1 aromatic carbocycles. The monoisotopic (exact) mass is 394 g/mol. The summed E-state index contributed by atoms with van der Waals surface area (Å²) in [6.45, 7) is 6.55. The van der Waals surface area contributed by atoms with Crippen molar-refractivity contribution in [3.8, 4) is 0 Å². The maximum Gasteiger partial charge on any atom is 0.333 e. The molecule has 2 aromatic heterocycles. The molecular weight excluding hydrogens is 368 g/mol. The number of aromatic nitrogens is 3. The average molecular weight is 394 g/mol. The van der Waals surface area contributed by atoms with Crippen LogP contribution in [0.2, 0.25) is 0 Å². The number of carbonyl (C=O) groups excluding carboxylic acids is 1. The molecule has 0 atom stereocenters. The largest absolute Gasteiger partial charge is 0.350 e. The first-order valence-electron chi connectivity index (χ1n) is 9.77. The Kier molecular flexibility index (Phi) is 6.26. The molecule has 0 saturated heterocycles. The number of fused-ring (bicyclic) bond motifs is 1. The van der Waals surface area contributed by atoms with Gasteiger partial charge in [-0.15, -0.1) is 0 Å². The Morgan fingerprint density at radius 2 is 1.83 bits per heavy atom. The van der Waals surface area contributed by atoms with Crippen molar-refractivity contribution in [3.63, 3.8) is 0 Å². The van der Waals surface area contributed by atoms with Crippen LogP contribution >= 0.6 is 0 Å². The molecule has 7 heteroatoms. The van der Waals surface area contributed by atoms with Crippen LogP contribution in [0.3, 0.4) is 0 Å². The minimum absolute atomic E-state index is 0.194. The summed E-state index contributed by atoms with van der Waals surface area (Å²) in [6.07, 6.45) is 2.21. The number of nitrogens with zero attached hydrogens (tertiary/aromatic N) is 3. The summed E-state index contributed by atoms with van der Waals surface area (Å²) in [5, 5.41) is 3.16. The summed E-state index contributed by atoms with van der Waals surface area (Å²) in [5.41, 5.74) is 1.48. The van der Waals surface area contributed by atoms with Crippen LogP contribution < -0.4 is 16.6 Å². The van der Waals surface area contributed by atoms with Crippen molar-refractivity contribution >= 4 is 16.9 Å². The molecule has 0 aliphatic carbocycles. The first kappa shape index (κ1) is 20.5. The Morgan fingerprint density at radius 1 is 1.10 bits per heavy atom. The van der Waals surface area contributed by atoms with Gasteiger partial charge in [0.1, 0.15) is 12.2 Å². The van der Waals surface area contributed by atoms with Gasteiger partial charge in [0.2, 0.25) is 5.91 Å². The van der Waals surface area contributed by atoms with E-state index < -0.39 is 5.69 Å². The lowest BCUT2D eigenvalue weighted by Gasteiger charge is -2.14. The second-order valence-electron chi connectivity index (χ2n) is 7.64. The highest BCUT2D eigenvalue weighted by Gasteiger charge is 2.16. The molecule has 0 saturated carbocycles. The van der Waals surface area contributed by atoms with E-state index in [1.165, 1.54) is 15.3 Å². The van der Waals surface area contributed by atoms with Gasteiger partial charge in [0.15, 0.2) is 0 Å². The lowest BCUT2D eigenvalue weighted by Crippen LogP contribution is -2.43. The molecule has 0 spiro atoms. The van der Waals surface area contributed by atoms with Crippen LogP contribution in [0.5, 0.6) is 0 Å². The first-order valence-corrected chi connectivity index (χ1v) is 9.77. The lowest BCUT2D eigenvalue weighted by molar-refractivity contribution is -0.121. The van der Waals surface area contributed by atoms with E-state index in [1.807, 2.05) is 45.0 Å². The fraction of sp³-hybridized carbons (Fsp3) is 0.364. The van der Waals surface area contributed by atoms with E-state index in [0.717, 1.165) is 11.1 Å². The van der Waals surface area contributed by atoms with Gasteiger partial charge in [-0.2, -0.15) is 0 Å². The molecule has 3 aromatic rings. The van der Waals surface area contributed by atoms with E-state index in [1.54, 1.807) is 12.1 Å². The van der Waals surface area contributed by atoms with Crippen molar-refractivity contribution in [2.45, 2.75) is 46.8 Å². The molecule has 1 amide bonds. The van der Waals surface area contributed by atoms with Crippen molar-refractivity contribution in [1.82, 2.24) is 19.4 Å². The molecule has 0 bridgehead atoms. The van der Waals surface area contributed by atoms with Gasteiger partial charge in [0, 0.05) is 19.3 Å². The van der Waals surface area contributed by atoms with Crippen LogP contribution in [-0.2, 0) is 24.4 Å². The van der Waals surface area contributed by atoms with Crippen molar-refractivity contribution in [2.24, 2.45) is 5.92 Å². The molecule has 1 N–H and O–H groups in total. The Hall–Kier alpha value is -3.22. The van der Waals surface area contributed by atoms with Crippen molar-refractivity contribution in [2.75, 3.05) is 0 Å². The zero-order chi connectivity index (χ0) is 21.0. The van der Waals surface area contributed by atoms with E-state index in [-0.39, 0.29) is 23.7 Å². The standard InChI is InChI=1S/C22H26N4O3/c1-15(2)10-12-25-21(28)18-5-4-11-23-20(18)26(22(25)29)14-19(27)24-13-17-8-6-16(3)7-9-17/h4-9,11,15H,10,12-14H2,1-3H3,(H,24,27). The lowest BCUT2D eigenvalue weighted by atomic mass is 10.1. The summed E-state index contributed by atoms with van der Waals surface area (Å²) in [5.74, 6) is 0.0332. The maximum atomic E-state index is 13.0. The smallest absolute Gasteiger partial charge is 0.333 e. The Balaban J connectivity index is 1.89. The molecule has 0 unspecified atom stereocenters. The zero-order valence-corrected chi connectivity index (χ0v) is 17.0. The maximum absolute atomic E-state index is 13.0. The van der Waals surface area contributed by atoms with E-state index in [2.05, 4.69) is 10.3 Å². The molecule has 152 valence electrons. The summed E-state index contributed by atoms with van der Waals surface area (Å²) in [6, 6.07) is 11.2. The number of aryl methyl sites for hydroxylation is 1. The first-order chi connectivity index (χ1) is 13.9. The van der Waals surface area contributed by atoms with Gasteiger partial charge in [-0.3, -0.25) is 18.7 Å². The van der Waals surface area contributed by atoms with E-state index >= 15 is 0 Å². The van der Waals surface area contributed by atoms with Gasteiger partial charge in [0.25, 0.3) is 5.56 Å². The quantitative estimate of drug-likeness (QED) is 0.666. The summed E-state index contributed by atoms with van der Waals surface area (Å²) >= 11 is 0. The molecular formula is C22H26N4O3. The minimum Gasteiger partial charge on any atom is -0.350 e. The highest BCUT2D eigenvalue weighted by molar-refractivity contribution is 5.79. The molecule has 0 radical (unpaired) electrons. The molecule has 3 rings (SSSR count). The number of hydrogen-bond acceptors (Lipinski definition) is 4. The number of benzene rings is 1. The second kappa shape index (κ2) is 8.86. The summed E-state index contributed by atoms with van der Waals surface area (Å²) < 4.78 is 2.48. The number of pyridine rings is 1. The van der Waals surface area contributed by atoms with Gasteiger partial charge in [-0.05, 0) is 37.0 Å². The fourth-order valence-electron chi connectivity index (χ4n) is 3.08. The molecule has 0 aliphatic heterocycles. The topological polar surface area (TPSA) is 86.0 Å². The van der Waals surface area contributed by atoms with Crippen LogP contribution in [0, 0.1) is 12.8 Å². The molecule has 2 heterocycles. The van der Waals surface area contributed by atoms with Crippen LogP contribution in [0.25, 0.3) is 11.0 Å². The SMILES string of the molecule is Cc1ccc(CNC(=O)Cn2c(=O)n(CCC(C)C)c(=O)c3cccnc32)cc1. The highest BCUT2D eigenvalue weighted by atomic mass is 16.2. The number of rotatable bonds is 7. The minimum atomic E-state index is -0.507. The van der Waals surface area contributed by atoms with Crippen molar-refractivity contribution < 1.29 is 4.79 Å².